The normalized spacial score (nSPS) is 11.4. The van der Waals surface area contributed by atoms with Gasteiger partial charge in [0, 0.05) is 12.3 Å². The number of rotatable bonds is 5. The van der Waals surface area contributed by atoms with E-state index >= 15 is 0 Å². The highest BCUT2D eigenvalue weighted by Crippen LogP contribution is 2.31. The van der Waals surface area contributed by atoms with E-state index in [1.807, 2.05) is 30.3 Å². The van der Waals surface area contributed by atoms with Crippen LogP contribution in [-0.2, 0) is 11.0 Å². The highest BCUT2D eigenvalue weighted by atomic mass is 19.4. The Labute approximate surface area is 186 Å². The van der Waals surface area contributed by atoms with Gasteiger partial charge in [-0.25, -0.2) is 9.36 Å². The molecule has 10 heteroatoms. The van der Waals surface area contributed by atoms with Crippen LogP contribution in [-0.4, -0.2) is 31.3 Å². The fourth-order valence-corrected chi connectivity index (χ4v) is 3.44. The molecule has 0 fully saturated rings. The van der Waals surface area contributed by atoms with Gasteiger partial charge in [0.2, 0.25) is 0 Å². The molecule has 7 nitrogen and oxygen atoms in total. The molecule has 0 spiro atoms. The number of hydrogen-bond donors (Lipinski definition) is 1. The van der Waals surface area contributed by atoms with Gasteiger partial charge >= 0.3 is 6.18 Å². The molecule has 1 amide bonds. The molecule has 2 aromatic heterocycles. The van der Waals surface area contributed by atoms with Crippen LogP contribution in [0.3, 0.4) is 0 Å². The minimum Gasteiger partial charge on any atom is -0.302 e. The number of amides is 1. The molecular weight excluding hydrogens is 435 g/mol. The average molecular weight is 453 g/mol. The molecule has 0 aliphatic heterocycles. The van der Waals surface area contributed by atoms with E-state index in [2.05, 4.69) is 15.5 Å². The quantitative estimate of drug-likeness (QED) is 0.356. The van der Waals surface area contributed by atoms with Crippen molar-refractivity contribution in [3.8, 4) is 11.4 Å². The molecule has 2 aromatic carbocycles. The summed E-state index contributed by atoms with van der Waals surface area (Å²) in [6.07, 6.45) is -2.88. The first-order chi connectivity index (χ1) is 15.6. The molecule has 1 N–H and O–H groups in total. The van der Waals surface area contributed by atoms with Crippen LogP contribution >= 0.6 is 0 Å². The largest absolute Gasteiger partial charge is 0.416 e. The lowest BCUT2D eigenvalue weighted by Crippen LogP contribution is -2.24. The Kier molecular flexibility index (Phi) is 5.59. The number of hydrogen-bond acceptors (Lipinski definition) is 4. The Bertz CT molecular complexity index is 1340. The van der Waals surface area contributed by atoms with Crippen molar-refractivity contribution in [3.63, 3.8) is 0 Å². The summed E-state index contributed by atoms with van der Waals surface area (Å²) >= 11 is 0. The summed E-state index contributed by atoms with van der Waals surface area (Å²) in [5.74, 6) is -1.61. The molecule has 33 heavy (non-hydrogen) atoms. The van der Waals surface area contributed by atoms with Crippen LogP contribution in [0.5, 0.6) is 0 Å². The van der Waals surface area contributed by atoms with E-state index in [1.54, 1.807) is 16.9 Å². The molecule has 0 radical (unpaired) electrons. The third-order valence-corrected chi connectivity index (χ3v) is 4.99. The highest BCUT2D eigenvalue weighted by molar-refractivity contribution is 6.47. The van der Waals surface area contributed by atoms with Crippen molar-refractivity contribution in [2.75, 3.05) is 5.32 Å². The van der Waals surface area contributed by atoms with Gasteiger partial charge in [0.15, 0.2) is 5.82 Å². The summed E-state index contributed by atoms with van der Waals surface area (Å²) in [5.41, 5.74) is 0.561. The van der Waals surface area contributed by atoms with Crippen molar-refractivity contribution in [3.05, 3.63) is 89.4 Å². The second-order valence-electron chi connectivity index (χ2n) is 7.27. The molecule has 2 heterocycles. The zero-order valence-electron chi connectivity index (χ0n) is 17.6. The van der Waals surface area contributed by atoms with Crippen LogP contribution in [0.2, 0.25) is 0 Å². The molecule has 0 aliphatic rings. The summed E-state index contributed by atoms with van der Waals surface area (Å²) in [4.78, 5) is 25.5. The Morgan fingerprint density at radius 2 is 1.61 bits per heavy atom. The van der Waals surface area contributed by atoms with Gasteiger partial charge < -0.3 is 5.32 Å². The van der Waals surface area contributed by atoms with Gasteiger partial charge in [-0.1, -0.05) is 24.3 Å². The number of carbonyl (C=O) groups is 2. The van der Waals surface area contributed by atoms with Crippen molar-refractivity contribution in [1.29, 1.82) is 0 Å². The number of halogens is 3. The minimum atomic E-state index is -4.52. The predicted molar refractivity (Wildman–Crippen MR) is 115 cm³/mol. The van der Waals surface area contributed by atoms with Gasteiger partial charge in [0.25, 0.3) is 11.7 Å². The van der Waals surface area contributed by atoms with Crippen LogP contribution < -0.4 is 5.32 Å². The number of ketones is 1. The Hall–Kier alpha value is -4.21. The van der Waals surface area contributed by atoms with Crippen LogP contribution in [0.4, 0.5) is 19.0 Å². The van der Waals surface area contributed by atoms with E-state index in [4.69, 9.17) is 0 Å². The van der Waals surface area contributed by atoms with Crippen LogP contribution in [0.1, 0.15) is 27.3 Å². The summed E-state index contributed by atoms with van der Waals surface area (Å²) in [6.45, 7) is 3.03. The second-order valence-corrected chi connectivity index (χ2v) is 7.27. The molecule has 0 unspecified atom stereocenters. The van der Waals surface area contributed by atoms with Crippen LogP contribution in [0.15, 0.2) is 66.9 Å². The van der Waals surface area contributed by atoms with Crippen molar-refractivity contribution >= 4 is 17.5 Å². The molecule has 0 atom stereocenters. The Morgan fingerprint density at radius 3 is 2.30 bits per heavy atom. The molecule has 4 aromatic rings. The standard InChI is InChI=1S/C23H18F3N5O2/c1-14-20(15(2)31(28-14)18-10-6-7-16(13-18)23(24,25)26)21(32)22(33)27-19-11-12-30(29-19)17-8-4-3-5-9-17/h3-13H,1-2H3,(H,27,29,33). The van der Waals surface area contributed by atoms with Crippen LogP contribution in [0.25, 0.3) is 11.4 Å². The molecular formula is C23H18F3N5O2. The molecule has 0 aliphatic carbocycles. The number of carbonyl (C=O) groups excluding carboxylic acids is 2. The smallest absolute Gasteiger partial charge is 0.302 e. The monoisotopic (exact) mass is 453 g/mol. The number of aromatic nitrogens is 4. The zero-order valence-corrected chi connectivity index (χ0v) is 17.6. The molecule has 0 bridgehead atoms. The molecule has 0 saturated carbocycles. The van der Waals surface area contributed by atoms with E-state index in [0.29, 0.717) is 0 Å². The fraction of sp³-hybridized carbons (Fsp3) is 0.130. The minimum absolute atomic E-state index is 0.0207. The summed E-state index contributed by atoms with van der Waals surface area (Å²) < 4.78 is 42.0. The van der Waals surface area contributed by atoms with E-state index in [9.17, 15) is 22.8 Å². The third kappa shape index (κ3) is 4.40. The van der Waals surface area contributed by atoms with Crippen molar-refractivity contribution < 1.29 is 22.8 Å². The molecule has 4 rings (SSSR count). The number of nitrogens with one attached hydrogen (secondary N) is 1. The lowest BCUT2D eigenvalue weighted by Gasteiger charge is -2.10. The fourth-order valence-electron chi connectivity index (χ4n) is 3.44. The topological polar surface area (TPSA) is 81.8 Å². The van der Waals surface area contributed by atoms with E-state index in [-0.39, 0.29) is 28.5 Å². The lowest BCUT2D eigenvalue weighted by molar-refractivity contribution is -0.137. The Balaban J connectivity index is 1.58. The van der Waals surface area contributed by atoms with Gasteiger partial charge in [-0.15, -0.1) is 0 Å². The third-order valence-electron chi connectivity index (χ3n) is 4.99. The first-order valence-corrected chi connectivity index (χ1v) is 9.86. The van der Waals surface area contributed by atoms with E-state index in [0.717, 1.165) is 17.8 Å². The number of para-hydroxylation sites is 1. The lowest BCUT2D eigenvalue weighted by atomic mass is 10.1. The zero-order chi connectivity index (χ0) is 23.8. The van der Waals surface area contributed by atoms with Crippen molar-refractivity contribution in [2.45, 2.75) is 20.0 Å². The van der Waals surface area contributed by atoms with Gasteiger partial charge in [-0.05, 0) is 44.2 Å². The van der Waals surface area contributed by atoms with Gasteiger partial charge in [-0.2, -0.15) is 23.4 Å². The van der Waals surface area contributed by atoms with Gasteiger partial charge in [0.05, 0.1) is 33.9 Å². The maximum Gasteiger partial charge on any atom is 0.416 e. The average Bonchev–Trinajstić information content (AvgIpc) is 3.37. The number of aryl methyl sites for hydroxylation is 1. The van der Waals surface area contributed by atoms with E-state index in [1.165, 1.54) is 30.7 Å². The molecule has 168 valence electrons. The van der Waals surface area contributed by atoms with Crippen LogP contribution in [0, 0.1) is 13.8 Å². The van der Waals surface area contributed by atoms with Gasteiger partial charge in [0.1, 0.15) is 0 Å². The Morgan fingerprint density at radius 1 is 0.909 bits per heavy atom. The summed E-state index contributed by atoms with van der Waals surface area (Å²) in [7, 11) is 0. The summed E-state index contributed by atoms with van der Waals surface area (Å²) in [5, 5.41) is 10.9. The van der Waals surface area contributed by atoms with Crippen molar-refractivity contribution in [2.24, 2.45) is 0 Å². The first-order valence-electron chi connectivity index (χ1n) is 9.86. The van der Waals surface area contributed by atoms with Gasteiger partial charge in [-0.3, -0.25) is 9.59 Å². The maximum absolute atomic E-state index is 13.1. The number of benzene rings is 2. The number of Topliss-reactive ketones (excluding diaryl/α,β-unsaturated/α-hetero) is 1. The number of nitrogens with zero attached hydrogens (tertiary/aromatic N) is 4. The molecule has 0 saturated heterocycles. The SMILES string of the molecule is Cc1nn(-c2cccc(C(F)(F)F)c2)c(C)c1C(=O)C(=O)Nc1ccn(-c2ccccc2)n1. The first kappa shape index (κ1) is 22.0. The highest BCUT2D eigenvalue weighted by Gasteiger charge is 2.31. The number of anilines is 1. The number of alkyl halides is 3. The van der Waals surface area contributed by atoms with Crippen molar-refractivity contribution in [1.82, 2.24) is 19.6 Å². The van der Waals surface area contributed by atoms with E-state index < -0.39 is 23.4 Å². The maximum atomic E-state index is 13.1. The summed E-state index contributed by atoms with van der Waals surface area (Å²) in [6, 6.07) is 15.3. The predicted octanol–water partition coefficient (Wildman–Crippen LogP) is 4.52. The second kappa shape index (κ2) is 8.38.